The van der Waals surface area contributed by atoms with Crippen LogP contribution in [0, 0.1) is 10.1 Å². The molecule has 1 heterocycles. The van der Waals surface area contributed by atoms with Gasteiger partial charge in [-0.3, -0.25) is 10.1 Å². The fourth-order valence-electron chi connectivity index (χ4n) is 1.75. The number of hydrogen-bond donors (Lipinski definition) is 0. The molecule has 0 saturated heterocycles. The lowest BCUT2D eigenvalue weighted by Crippen LogP contribution is -2.31. The van der Waals surface area contributed by atoms with Crippen LogP contribution < -0.4 is 4.90 Å². The zero-order valence-electron chi connectivity index (χ0n) is 9.87. The Kier molecular flexibility index (Phi) is 3.93. The lowest BCUT2D eigenvalue weighted by molar-refractivity contribution is -0.384. The monoisotopic (exact) mass is 272 g/mol. The van der Waals surface area contributed by atoms with E-state index in [2.05, 4.69) is 9.97 Å². The third-order valence-corrected chi connectivity index (χ3v) is 3.01. The number of hydrogen-bond acceptors (Lipinski definition) is 6. The fourth-order valence-corrected chi connectivity index (χ4v) is 1.95. The second-order valence-electron chi connectivity index (χ2n) is 4.01. The van der Waals surface area contributed by atoms with Crippen molar-refractivity contribution in [1.82, 2.24) is 9.97 Å². The first-order valence-corrected chi connectivity index (χ1v) is 5.93. The van der Waals surface area contributed by atoms with Crippen LogP contribution in [0.3, 0.4) is 0 Å². The van der Waals surface area contributed by atoms with Gasteiger partial charge in [-0.15, -0.1) is 0 Å². The summed E-state index contributed by atoms with van der Waals surface area (Å²) in [6, 6.07) is 0.282. The van der Waals surface area contributed by atoms with Gasteiger partial charge in [0.25, 0.3) is 0 Å². The van der Waals surface area contributed by atoms with Gasteiger partial charge in [-0.2, -0.15) is 0 Å². The third kappa shape index (κ3) is 2.68. The highest BCUT2D eigenvalue weighted by Gasteiger charge is 2.35. The predicted octanol–water partition coefficient (Wildman–Crippen LogP) is 1.65. The molecule has 8 heteroatoms. The molecule has 1 aliphatic carbocycles. The summed E-state index contributed by atoms with van der Waals surface area (Å²) in [5, 5.41) is 10.9. The Morgan fingerprint density at radius 1 is 1.61 bits per heavy atom. The van der Waals surface area contributed by atoms with Gasteiger partial charge in [0, 0.05) is 19.7 Å². The lowest BCUT2D eigenvalue weighted by Gasteiger charge is -2.22. The van der Waals surface area contributed by atoms with Crippen molar-refractivity contribution in [1.29, 1.82) is 0 Å². The van der Waals surface area contributed by atoms with E-state index in [0.717, 1.165) is 12.8 Å². The molecular formula is C10H13ClN4O3. The molecule has 1 aromatic heterocycles. The highest BCUT2D eigenvalue weighted by molar-refractivity contribution is 6.31. The number of nitro groups is 1. The SMILES string of the molecule is COCCN(c1ncnc(Cl)c1[N+](=O)[O-])C1CC1. The molecular weight excluding hydrogens is 260 g/mol. The molecule has 1 aliphatic rings. The molecule has 1 aromatic rings. The molecule has 7 nitrogen and oxygen atoms in total. The van der Waals surface area contributed by atoms with E-state index < -0.39 is 4.92 Å². The molecule has 0 amide bonds. The standard InChI is InChI=1S/C10H13ClN4O3/c1-18-5-4-14(7-2-3-7)10-8(15(16)17)9(11)12-6-13-10/h6-7H,2-5H2,1H3. The van der Waals surface area contributed by atoms with Crippen molar-refractivity contribution in [2.75, 3.05) is 25.2 Å². The van der Waals surface area contributed by atoms with E-state index in [-0.39, 0.29) is 22.7 Å². The molecule has 0 N–H and O–H groups in total. The average Bonchev–Trinajstić information content (AvgIpc) is 3.13. The Morgan fingerprint density at radius 2 is 2.33 bits per heavy atom. The maximum atomic E-state index is 11.0. The first kappa shape index (κ1) is 13.0. The van der Waals surface area contributed by atoms with Crippen LogP contribution in [0.5, 0.6) is 0 Å². The van der Waals surface area contributed by atoms with E-state index >= 15 is 0 Å². The van der Waals surface area contributed by atoms with Crippen LogP contribution in [0.25, 0.3) is 0 Å². The van der Waals surface area contributed by atoms with Gasteiger partial charge in [0.2, 0.25) is 11.0 Å². The van der Waals surface area contributed by atoms with Gasteiger partial charge in [0.05, 0.1) is 11.5 Å². The Balaban J connectivity index is 2.34. The first-order chi connectivity index (χ1) is 8.65. The van der Waals surface area contributed by atoms with Gasteiger partial charge in [-0.25, -0.2) is 9.97 Å². The molecule has 18 heavy (non-hydrogen) atoms. The van der Waals surface area contributed by atoms with E-state index in [1.807, 2.05) is 4.90 Å². The maximum Gasteiger partial charge on any atom is 0.348 e. The minimum absolute atomic E-state index is 0.131. The van der Waals surface area contributed by atoms with Gasteiger partial charge >= 0.3 is 5.69 Å². The average molecular weight is 273 g/mol. The largest absolute Gasteiger partial charge is 0.383 e. The topological polar surface area (TPSA) is 81.4 Å². The van der Waals surface area contributed by atoms with Crippen LogP contribution in [0.15, 0.2) is 6.33 Å². The molecule has 0 unspecified atom stereocenters. The summed E-state index contributed by atoms with van der Waals surface area (Å²) in [5.41, 5.74) is -0.234. The minimum Gasteiger partial charge on any atom is -0.383 e. The molecule has 1 fully saturated rings. The van der Waals surface area contributed by atoms with Crippen LogP contribution in [0.1, 0.15) is 12.8 Å². The molecule has 0 radical (unpaired) electrons. The number of methoxy groups -OCH3 is 1. The number of aromatic nitrogens is 2. The smallest absolute Gasteiger partial charge is 0.348 e. The number of ether oxygens (including phenoxy) is 1. The third-order valence-electron chi connectivity index (χ3n) is 2.74. The van der Waals surface area contributed by atoms with Crippen LogP contribution in [-0.4, -0.2) is 41.2 Å². The zero-order valence-corrected chi connectivity index (χ0v) is 10.6. The Morgan fingerprint density at radius 3 is 2.89 bits per heavy atom. The van der Waals surface area contributed by atoms with Crippen LogP contribution in [0.4, 0.5) is 11.5 Å². The van der Waals surface area contributed by atoms with Crippen molar-refractivity contribution in [3.8, 4) is 0 Å². The van der Waals surface area contributed by atoms with E-state index in [9.17, 15) is 10.1 Å². The summed E-state index contributed by atoms with van der Waals surface area (Å²) in [6.07, 6.45) is 3.25. The normalized spacial score (nSPS) is 14.6. The van der Waals surface area contributed by atoms with E-state index in [4.69, 9.17) is 16.3 Å². The fraction of sp³-hybridized carbons (Fsp3) is 0.600. The summed E-state index contributed by atoms with van der Waals surface area (Å²) in [5.74, 6) is 0.277. The molecule has 0 aliphatic heterocycles. The molecule has 2 rings (SSSR count). The Labute approximate surface area is 109 Å². The number of nitrogens with zero attached hydrogens (tertiary/aromatic N) is 4. The number of rotatable bonds is 6. The van der Waals surface area contributed by atoms with Crippen molar-refractivity contribution in [2.24, 2.45) is 0 Å². The Bertz CT molecular complexity index is 453. The van der Waals surface area contributed by atoms with Gasteiger partial charge in [0.15, 0.2) is 0 Å². The van der Waals surface area contributed by atoms with Gasteiger partial charge < -0.3 is 9.64 Å². The van der Waals surface area contributed by atoms with Crippen molar-refractivity contribution < 1.29 is 9.66 Å². The quantitative estimate of drug-likeness (QED) is 0.445. The van der Waals surface area contributed by atoms with Gasteiger partial charge in [0.1, 0.15) is 6.33 Å². The van der Waals surface area contributed by atoms with Crippen molar-refractivity contribution in [3.05, 3.63) is 21.6 Å². The maximum absolute atomic E-state index is 11.0. The lowest BCUT2D eigenvalue weighted by atomic mass is 10.4. The number of anilines is 1. The van der Waals surface area contributed by atoms with Crippen molar-refractivity contribution >= 4 is 23.1 Å². The molecule has 0 spiro atoms. The summed E-state index contributed by atoms with van der Waals surface area (Å²) in [7, 11) is 1.59. The molecule has 0 aromatic carbocycles. The van der Waals surface area contributed by atoms with E-state index in [1.165, 1.54) is 6.33 Å². The summed E-state index contributed by atoms with van der Waals surface area (Å²) >= 11 is 5.78. The van der Waals surface area contributed by atoms with Crippen LogP contribution in [-0.2, 0) is 4.74 Å². The van der Waals surface area contributed by atoms with Crippen molar-refractivity contribution in [2.45, 2.75) is 18.9 Å². The Hall–Kier alpha value is -1.47. The summed E-state index contributed by atoms with van der Waals surface area (Å²) in [4.78, 5) is 20.0. The van der Waals surface area contributed by atoms with E-state index in [0.29, 0.717) is 13.2 Å². The molecule has 0 bridgehead atoms. The second kappa shape index (κ2) is 5.45. The van der Waals surface area contributed by atoms with Crippen LogP contribution in [0.2, 0.25) is 5.15 Å². The number of halogens is 1. The summed E-state index contributed by atoms with van der Waals surface area (Å²) < 4.78 is 5.01. The van der Waals surface area contributed by atoms with Crippen LogP contribution >= 0.6 is 11.6 Å². The molecule has 0 atom stereocenters. The minimum atomic E-state index is -0.542. The zero-order chi connectivity index (χ0) is 13.1. The molecule has 1 saturated carbocycles. The van der Waals surface area contributed by atoms with E-state index in [1.54, 1.807) is 7.11 Å². The highest BCUT2D eigenvalue weighted by atomic mass is 35.5. The second-order valence-corrected chi connectivity index (χ2v) is 4.37. The summed E-state index contributed by atoms with van der Waals surface area (Å²) in [6.45, 7) is 1.03. The predicted molar refractivity (Wildman–Crippen MR) is 65.9 cm³/mol. The van der Waals surface area contributed by atoms with Gasteiger partial charge in [-0.1, -0.05) is 11.6 Å². The molecule has 98 valence electrons. The van der Waals surface area contributed by atoms with Crippen molar-refractivity contribution in [3.63, 3.8) is 0 Å². The van der Waals surface area contributed by atoms with Gasteiger partial charge in [-0.05, 0) is 12.8 Å². The first-order valence-electron chi connectivity index (χ1n) is 5.55. The highest BCUT2D eigenvalue weighted by Crippen LogP contribution is 2.37.